The summed E-state index contributed by atoms with van der Waals surface area (Å²) in [4.78, 5) is 42.2. The SMILES string of the molecule is [NH3+][C@@H](CCC(=O)N[C@@H](CC(=O)[O-])C(=O)[O-])C(=O)[O-]. The fraction of sp³-hybridized carbons (Fsp3) is 0.556. The van der Waals surface area contributed by atoms with Gasteiger partial charge in [0.1, 0.15) is 6.04 Å². The van der Waals surface area contributed by atoms with Gasteiger partial charge < -0.3 is 40.8 Å². The van der Waals surface area contributed by atoms with Crippen LogP contribution in [0.15, 0.2) is 0 Å². The molecule has 0 aromatic carbocycles. The molecule has 0 radical (unpaired) electrons. The van der Waals surface area contributed by atoms with Gasteiger partial charge in [0.15, 0.2) is 0 Å². The molecule has 18 heavy (non-hydrogen) atoms. The smallest absolute Gasteiger partial charge is 0.220 e. The van der Waals surface area contributed by atoms with Crippen molar-refractivity contribution < 1.29 is 40.2 Å². The van der Waals surface area contributed by atoms with Crippen molar-refractivity contribution in [3.63, 3.8) is 0 Å². The van der Waals surface area contributed by atoms with E-state index in [1.807, 2.05) is 5.32 Å². The van der Waals surface area contributed by atoms with E-state index in [1.54, 1.807) is 0 Å². The van der Waals surface area contributed by atoms with Gasteiger partial charge in [-0.15, -0.1) is 0 Å². The summed E-state index contributed by atoms with van der Waals surface area (Å²) in [6, 6.07) is -2.83. The van der Waals surface area contributed by atoms with Gasteiger partial charge in [-0.3, -0.25) is 4.79 Å². The van der Waals surface area contributed by atoms with E-state index in [2.05, 4.69) is 5.73 Å². The number of carboxylic acids is 3. The van der Waals surface area contributed by atoms with Gasteiger partial charge in [0.25, 0.3) is 0 Å². The molecule has 0 bridgehead atoms. The molecule has 0 aliphatic rings. The van der Waals surface area contributed by atoms with Crippen LogP contribution in [0, 0.1) is 0 Å². The van der Waals surface area contributed by atoms with Gasteiger partial charge in [0, 0.05) is 25.2 Å². The number of carbonyl (C=O) groups is 4. The zero-order chi connectivity index (χ0) is 14.3. The summed E-state index contributed by atoms with van der Waals surface area (Å²) in [6.07, 6.45) is -1.40. The number of carbonyl (C=O) groups excluding carboxylic acids is 4. The molecule has 0 saturated carbocycles. The first kappa shape index (κ1) is 15.8. The number of amides is 1. The molecule has 0 aliphatic carbocycles. The topological polar surface area (TPSA) is 177 Å². The molecule has 4 N–H and O–H groups in total. The Labute approximate surface area is 102 Å². The van der Waals surface area contributed by atoms with Crippen LogP contribution in [0.25, 0.3) is 0 Å². The van der Waals surface area contributed by atoms with Crippen LogP contribution >= 0.6 is 0 Å². The first-order valence-corrected chi connectivity index (χ1v) is 4.98. The second kappa shape index (κ2) is 7.22. The second-order valence-corrected chi connectivity index (χ2v) is 3.57. The van der Waals surface area contributed by atoms with Gasteiger partial charge >= 0.3 is 0 Å². The average molecular weight is 260 g/mol. The fourth-order valence-electron chi connectivity index (χ4n) is 1.05. The quantitative estimate of drug-likeness (QED) is 0.435. The molecule has 9 nitrogen and oxygen atoms in total. The maximum absolute atomic E-state index is 11.2. The lowest BCUT2D eigenvalue weighted by atomic mass is 10.1. The van der Waals surface area contributed by atoms with Crippen molar-refractivity contribution in [1.29, 1.82) is 0 Å². The van der Waals surface area contributed by atoms with E-state index in [0.29, 0.717) is 0 Å². The minimum Gasteiger partial charge on any atom is -0.550 e. The molecule has 0 aliphatic heterocycles. The number of carboxylic acid groups (broad SMARTS) is 3. The van der Waals surface area contributed by atoms with Crippen molar-refractivity contribution in [2.75, 3.05) is 0 Å². The molecular formula is C9H12N2O7-2. The Morgan fingerprint density at radius 2 is 1.61 bits per heavy atom. The number of hydrogen-bond acceptors (Lipinski definition) is 7. The van der Waals surface area contributed by atoms with Gasteiger partial charge in [0.05, 0.1) is 18.0 Å². The van der Waals surface area contributed by atoms with Gasteiger partial charge in [0.2, 0.25) is 5.91 Å². The highest BCUT2D eigenvalue weighted by molar-refractivity contribution is 5.85. The van der Waals surface area contributed by atoms with Crippen LogP contribution in [0.1, 0.15) is 19.3 Å². The summed E-state index contributed by atoms with van der Waals surface area (Å²) in [5, 5.41) is 32.9. The van der Waals surface area contributed by atoms with Crippen molar-refractivity contribution in [2.45, 2.75) is 31.3 Å². The predicted molar refractivity (Wildman–Crippen MR) is 47.5 cm³/mol. The van der Waals surface area contributed by atoms with Gasteiger partial charge in [-0.1, -0.05) is 0 Å². The standard InChI is InChI=1S/C9H14N2O7/c10-4(8(15)16)1-2-6(12)11-5(9(17)18)3-7(13)14/h4-5H,1-3,10H2,(H,11,12)(H,13,14)(H,15,16)(H,17,18)/p-2/t4-,5-/m0/s1. The van der Waals surface area contributed by atoms with Gasteiger partial charge in [-0.2, -0.15) is 0 Å². The first-order chi connectivity index (χ1) is 8.23. The van der Waals surface area contributed by atoms with E-state index >= 15 is 0 Å². The van der Waals surface area contributed by atoms with Crippen LogP contribution in [0.4, 0.5) is 0 Å². The van der Waals surface area contributed by atoms with Gasteiger partial charge in [-0.25, -0.2) is 0 Å². The molecule has 102 valence electrons. The largest absolute Gasteiger partial charge is 0.550 e. The molecule has 0 fully saturated rings. The highest BCUT2D eigenvalue weighted by Gasteiger charge is 2.16. The van der Waals surface area contributed by atoms with Crippen LogP contribution < -0.4 is 26.4 Å². The Bertz CT molecular complexity index is 355. The predicted octanol–water partition coefficient (Wildman–Crippen LogP) is -6.50. The third-order valence-electron chi connectivity index (χ3n) is 2.04. The molecule has 0 unspecified atom stereocenters. The van der Waals surface area contributed by atoms with Crippen LogP contribution in [-0.2, 0) is 19.2 Å². The minimum atomic E-state index is -1.77. The Hall–Kier alpha value is -2.16. The molecule has 9 heteroatoms. The van der Waals surface area contributed by atoms with Crippen molar-refractivity contribution >= 4 is 23.8 Å². The molecule has 0 heterocycles. The Kier molecular flexibility index (Phi) is 6.35. The number of quaternary nitrogens is 1. The van der Waals surface area contributed by atoms with Crippen molar-refractivity contribution in [2.24, 2.45) is 0 Å². The average Bonchev–Trinajstić information content (AvgIpc) is 2.23. The van der Waals surface area contributed by atoms with E-state index in [-0.39, 0.29) is 12.8 Å². The van der Waals surface area contributed by atoms with Crippen LogP contribution in [0.3, 0.4) is 0 Å². The van der Waals surface area contributed by atoms with E-state index in [1.165, 1.54) is 0 Å². The highest BCUT2D eigenvalue weighted by Crippen LogP contribution is 1.95. The third kappa shape index (κ3) is 6.43. The molecule has 0 aromatic heterocycles. The van der Waals surface area contributed by atoms with E-state index in [9.17, 15) is 34.5 Å². The maximum Gasteiger partial charge on any atom is 0.220 e. The second-order valence-electron chi connectivity index (χ2n) is 3.57. The van der Waals surface area contributed by atoms with Crippen LogP contribution in [0.2, 0.25) is 0 Å². The number of aliphatic carboxylic acids is 3. The monoisotopic (exact) mass is 260 g/mol. The molecule has 0 saturated heterocycles. The molecule has 2 atom stereocenters. The number of nitrogens with one attached hydrogen (secondary N) is 1. The maximum atomic E-state index is 11.2. The van der Waals surface area contributed by atoms with Gasteiger partial charge in [-0.05, 0) is 0 Å². The first-order valence-electron chi connectivity index (χ1n) is 4.98. The summed E-state index contributed by atoms with van der Waals surface area (Å²) in [5.74, 6) is -5.68. The minimum absolute atomic E-state index is 0.154. The van der Waals surface area contributed by atoms with E-state index in [4.69, 9.17) is 0 Å². The lowest BCUT2D eigenvalue weighted by Crippen LogP contribution is -2.68. The number of rotatable bonds is 8. The van der Waals surface area contributed by atoms with Crippen molar-refractivity contribution in [3.05, 3.63) is 0 Å². The zero-order valence-corrected chi connectivity index (χ0v) is 9.34. The molecule has 0 rings (SSSR count). The summed E-state index contributed by atoms with van der Waals surface area (Å²) < 4.78 is 0. The highest BCUT2D eigenvalue weighted by atomic mass is 16.4. The summed E-state index contributed by atoms with van der Waals surface area (Å²) in [5.41, 5.74) is 3.20. The third-order valence-corrected chi connectivity index (χ3v) is 2.04. The summed E-state index contributed by atoms with van der Waals surface area (Å²) in [7, 11) is 0. The Morgan fingerprint density at radius 1 is 1.06 bits per heavy atom. The van der Waals surface area contributed by atoms with Crippen LogP contribution in [0.5, 0.6) is 0 Å². The van der Waals surface area contributed by atoms with Crippen molar-refractivity contribution in [1.82, 2.24) is 5.32 Å². The summed E-state index contributed by atoms with van der Waals surface area (Å²) >= 11 is 0. The Balaban J connectivity index is 4.22. The fourth-order valence-corrected chi connectivity index (χ4v) is 1.05. The lowest BCUT2D eigenvalue weighted by molar-refractivity contribution is -0.438. The molecule has 0 spiro atoms. The lowest BCUT2D eigenvalue weighted by Gasteiger charge is -2.20. The van der Waals surface area contributed by atoms with Crippen LogP contribution in [-0.4, -0.2) is 35.9 Å². The van der Waals surface area contributed by atoms with E-state index < -0.39 is 42.3 Å². The molecule has 0 aromatic rings. The molecule has 1 amide bonds. The molecular weight excluding hydrogens is 248 g/mol. The normalized spacial score (nSPS) is 13.4. The summed E-state index contributed by atoms with van der Waals surface area (Å²) in [6.45, 7) is 0. The van der Waals surface area contributed by atoms with Crippen molar-refractivity contribution in [3.8, 4) is 0 Å². The number of hydrogen-bond donors (Lipinski definition) is 2. The van der Waals surface area contributed by atoms with E-state index in [0.717, 1.165) is 0 Å². The zero-order valence-electron chi connectivity index (χ0n) is 9.34. The Morgan fingerprint density at radius 3 is 2.00 bits per heavy atom.